The van der Waals surface area contributed by atoms with Gasteiger partial charge in [-0.25, -0.2) is 4.39 Å². The number of likely N-dealkylation sites (tertiary alicyclic amines) is 1. The maximum Gasteiger partial charge on any atom is 0.223 e. The number of carbonyl (C=O) groups is 1. The normalized spacial score (nSPS) is 18.2. The summed E-state index contributed by atoms with van der Waals surface area (Å²) in [5, 5.41) is 4.37. The Morgan fingerprint density at radius 3 is 2.46 bits per heavy atom. The van der Waals surface area contributed by atoms with Gasteiger partial charge in [0.05, 0.1) is 13.2 Å². The Labute approximate surface area is 206 Å². The average Bonchev–Trinajstić information content (AvgIpc) is 3.23. The second kappa shape index (κ2) is 11.3. The lowest BCUT2D eigenvalue weighted by Crippen LogP contribution is -2.44. The molecule has 2 aliphatic rings. The highest BCUT2D eigenvalue weighted by atomic mass is 19.1. The van der Waals surface area contributed by atoms with Crippen molar-refractivity contribution in [2.45, 2.75) is 25.9 Å². The molecule has 35 heavy (non-hydrogen) atoms. The van der Waals surface area contributed by atoms with E-state index in [9.17, 15) is 9.18 Å². The number of nitrogens with zero attached hydrogens (tertiary/aromatic N) is 3. The number of rotatable bonds is 8. The van der Waals surface area contributed by atoms with Gasteiger partial charge in [-0.05, 0) is 61.1 Å². The van der Waals surface area contributed by atoms with Crippen LogP contribution in [-0.2, 0) is 22.6 Å². The summed E-state index contributed by atoms with van der Waals surface area (Å²) in [4.78, 5) is 17.5. The van der Waals surface area contributed by atoms with Crippen LogP contribution < -0.4 is 5.32 Å². The lowest BCUT2D eigenvalue weighted by Gasteiger charge is -2.32. The molecule has 0 bridgehead atoms. The van der Waals surface area contributed by atoms with Crippen LogP contribution in [0.15, 0.2) is 54.6 Å². The van der Waals surface area contributed by atoms with E-state index >= 15 is 0 Å². The van der Waals surface area contributed by atoms with E-state index in [1.165, 1.54) is 28.7 Å². The van der Waals surface area contributed by atoms with Crippen LogP contribution in [0.25, 0.3) is 10.9 Å². The highest BCUT2D eigenvalue weighted by Crippen LogP contribution is 2.25. The van der Waals surface area contributed by atoms with Crippen LogP contribution in [0.3, 0.4) is 0 Å². The molecule has 0 spiro atoms. The molecule has 2 saturated heterocycles. The Morgan fingerprint density at radius 1 is 0.943 bits per heavy atom. The third-order valence-corrected chi connectivity index (χ3v) is 7.33. The second-order valence-electron chi connectivity index (χ2n) is 9.70. The van der Waals surface area contributed by atoms with Gasteiger partial charge in [-0.1, -0.05) is 30.3 Å². The number of amides is 1. The molecule has 3 heterocycles. The van der Waals surface area contributed by atoms with E-state index in [2.05, 4.69) is 50.0 Å². The number of benzene rings is 2. The van der Waals surface area contributed by atoms with E-state index in [0.717, 1.165) is 70.9 Å². The van der Waals surface area contributed by atoms with Crippen molar-refractivity contribution in [2.75, 3.05) is 52.5 Å². The number of ether oxygens (including phenoxy) is 1. The minimum atomic E-state index is -0.209. The zero-order valence-corrected chi connectivity index (χ0v) is 20.3. The van der Waals surface area contributed by atoms with Crippen molar-refractivity contribution in [1.29, 1.82) is 0 Å². The summed E-state index contributed by atoms with van der Waals surface area (Å²) in [6.45, 7) is 8.48. The van der Waals surface area contributed by atoms with Gasteiger partial charge in [0.2, 0.25) is 5.91 Å². The number of morpholine rings is 1. The summed E-state index contributed by atoms with van der Waals surface area (Å²) >= 11 is 0. The first-order chi connectivity index (χ1) is 17.2. The van der Waals surface area contributed by atoms with Gasteiger partial charge in [0.15, 0.2) is 0 Å². The quantitative estimate of drug-likeness (QED) is 0.539. The SMILES string of the molecule is O=C(NCCN1CCOCC1)C1CCN(Cc2cc3ccccc3n2Cc2ccc(F)cc2)CC1. The molecule has 0 radical (unpaired) electrons. The summed E-state index contributed by atoms with van der Waals surface area (Å²) in [5.41, 5.74) is 3.53. The zero-order valence-electron chi connectivity index (χ0n) is 20.3. The Balaban J connectivity index is 1.16. The highest BCUT2D eigenvalue weighted by Gasteiger charge is 2.25. The Hall–Kier alpha value is -2.74. The molecule has 1 N–H and O–H groups in total. The number of aromatic nitrogens is 1. The van der Waals surface area contributed by atoms with Gasteiger partial charge in [0.25, 0.3) is 0 Å². The number of hydrogen-bond acceptors (Lipinski definition) is 4. The van der Waals surface area contributed by atoms with E-state index in [1.807, 2.05) is 12.1 Å². The van der Waals surface area contributed by atoms with Gasteiger partial charge < -0.3 is 14.6 Å². The predicted octanol–water partition coefficient (Wildman–Crippen LogP) is 3.49. The van der Waals surface area contributed by atoms with E-state index in [-0.39, 0.29) is 17.6 Å². The fraction of sp³-hybridized carbons (Fsp3) is 0.464. The van der Waals surface area contributed by atoms with Gasteiger partial charge >= 0.3 is 0 Å². The van der Waals surface area contributed by atoms with E-state index in [4.69, 9.17) is 4.74 Å². The van der Waals surface area contributed by atoms with E-state index in [1.54, 1.807) is 0 Å². The maximum atomic E-state index is 13.4. The molecule has 2 aliphatic heterocycles. The number of nitrogens with one attached hydrogen (secondary N) is 1. The summed E-state index contributed by atoms with van der Waals surface area (Å²) in [6, 6.07) is 17.5. The molecule has 1 aromatic heterocycles. The number of hydrogen-bond donors (Lipinski definition) is 1. The van der Waals surface area contributed by atoms with E-state index in [0.29, 0.717) is 13.1 Å². The smallest absolute Gasteiger partial charge is 0.223 e. The third kappa shape index (κ3) is 6.10. The van der Waals surface area contributed by atoms with Gasteiger partial charge in [-0.2, -0.15) is 0 Å². The van der Waals surface area contributed by atoms with Gasteiger partial charge in [-0.3, -0.25) is 14.6 Å². The molecule has 7 heteroatoms. The van der Waals surface area contributed by atoms with Crippen LogP contribution in [0, 0.1) is 11.7 Å². The van der Waals surface area contributed by atoms with Crippen molar-refractivity contribution < 1.29 is 13.9 Å². The van der Waals surface area contributed by atoms with Crippen molar-refractivity contribution >= 4 is 16.8 Å². The molecule has 3 aromatic rings. The molecule has 186 valence electrons. The minimum absolute atomic E-state index is 0.0982. The van der Waals surface area contributed by atoms with Gasteiger partial charge in [0.1, 0.15) is 5.82 Å². The summed E-state index contributed by atoms with van der Waals surface area (Å²) in [7, 11) is 0. The molecular weight excluding hydrogens is 443 g/mol. The molecule has 0 aliphatic carbocycles. The lowest BCUT2D eigenvalue weighted by atomic mass is 9.96. The average molecular weight is 479 g/mol. The monoisotopic (exact) mass is 478 g/mol. The molecule has 2 fully saturated rings. The summed E-state index contributed by atoms with van der Waals surface area (Å²) < 4.78 is 21.1. The first kappa shape index (κ1) is 24.0. The van der Waals surface area contributed by atoms with Crippen LogP contribution in [0.4, 0.5) is 4.39 Å². The second-order valence-corrected chi connectivity index (χ2v) is 9.70. The van der Waals surface area contributed by atoms with Crippen LogP contribution in [-0.4, -0.2) is 72.8 Å². The van der Waals surface area contributed by atoms with E-state index < -0.39 is 0 Å². The first-order valence-electron chi connectivity index (χ1n) is 12.8. The number of para-hydroxylation sites is 1. The van der Waals surface area contributed by atoms with Crippen LogP contribution >= 0.6 is 0 Å². The molecule has 0 saturated carbocycles. The Kier molecular flexibility index (Phi) is 7.76. The lowest BCUT2D eigenvalue weighted by molar-refractivity contribution is -0.126. The number of fused-ring (bicyclic) bond motifs is 1. The summed E-state index contributed by atoms with van der Waals surface area (Å²) in [5.74, 6) is 0.0867. The zero-order chi connectivity index (χ0) is 24.0. The Bertz CT molecular complexity index is 1120. The van der Waals surface area contributed by atoms with Crippen molar-refractivity contribution in [3.05, 3.63) is 71.7 Å². The number of carbonyl (C=O) groups excluding carboxylic acids is 1. The van der Waals surface area contributed by atoms with Crippen LogP contribution in [0.5, 0.6) is 0 Å². The van der Waals surface area contributed by atoms with Gasteiger partial charge in [-0.15, -0.1) is 0 Å². The molecule has 1 amide bonds. The van der Waals surface area contributed by atoms with Crippen molar-refractivity contribution in [1.82, 2.24) is 19.7 Å². The molecule has 2 aromatic carbocycles. The van der Waals surface area contributed by atoms with Crippen molar-refractivity contribution in [3.63, 3.8) is 0 Å². The largest absolute Gasteiger partial charge is 0.379 e. The molecule has 0 unspecified atom stereocenters. The fourth-order valence-corrected chi connectivity index (χ4v) is 5.25. The van der Waals surface area contributed by atoms with Crippen molar-refractivity contribution in [2.24, 2.45) is 5.92 Å². The first-order valence-corrected chi connectivity index (χ1v) is 12.8. The maximum absolute atomic E-state index is 13.4. The number of piperidine rings is 1. The summed E-state index contributed by atoms with van der Waals surface area (Å²) in [6.07, 6.45) is 1.78. The fourth-order valence-electron chi connectivity index (χ4n) is 5.25. The van der Waals surface area contributed by atoms with Crippen LogP contribution in [0.2, 0.25) is 0 Å². The van der Waals surface area contributed by atoms with Gasteiger partial charge in [0, 0.05) is 56.4 Å². The van der Waals surface area contributed by atoms with Crippen molar-refractivity contribution in [3.8, 4) is 0 Å². The molecular formula is C28H35FN4O2. The molecule has 6 nitrogen and oxygen atoms in total. The Morgan fingerprint density at radius 2 is 1.69 bits per heavy atom. The third-order valence-electron chi connectivity index (χ3n) is 7.33. The highest BCUT2D eigenvalue weighted by molar-refractivity contribution is 5.81. The standard InChI is InChI=1S/C28H35FN4O2/c29-25-7-5-22(6-8-25)20-33-26(19-24-3-1-2-4-27(24)33)21-32-12-9-23(10-13-32)28(34)30-11-14-31-15-17-35-18-16-31/h1-8,19,23H,9-18,20-21H2,(H,30,34). The number of halogens is 1. The van der Waals surface area contributed by atoms with Crippen LogP contribution in [0.1, 0.15) is 24.1 Å². The predicted molar refractivity (Wildman–Crippen MR) is 136 cm³/mol. The minimum Gasteiger partial charge on any atom is -0.379 e. The molecule has 5 rings (SSSR count). The topological polar surface area (TPSA) is 49.7 Å². The molecule has 0 atom stereocenters.